The van der Waals surface area contributed by atoms with Crippen LogP contribution in [0.5, 0.6) is 0 Å². The Morgan fingerprint density at radius 2 is 1.73 bits per heavy atom. The first-order valence-electron chi connectivity index (χ1n) is 5.84. The van der Waals surface area contributed by atoms with E-state index in [1.807, 2.05) is 18.7 Å². The van der Waals surface area contributed by atoms with Crippen LogP contribution in [0.3, 0.4) is 0 Å². The summed E-state index contributed by atoms with van der Waals surface area (Å²) < 4.78 is 0. The fourth-order valence-electron chi connectivity index (χ4n) is 1.23. The Labute approximate surface area is 94.2 Å². The minimum Gasteiger partial charge on any atom is -0.342 e. The Morgan fingerprint density at radius 3 is 2.07 bits per heavy atom. The van der Waals surface area contributed by atoms with Gasteiger partial charge in [-0.15, -0.1) is 0 Å². The molecule has 0 aromatic rings. The lowest BCUT2D eigenvalue weighted by Gasteiger charge is -2.29. The molecule has 0 spiro atoms. The van der Waals surface area contributed by atoms with Gasteiger partial charge in [0, 0.05) is 19.1 Å². The van der Waals surface area contributed by atoms with E-state index in [0.717, 1.165) is 13.1 Å². The van der Waals surface area contributed by atoms with E-state index in [2.05, 4.69) is 33.0 Å². The number of rotatable bonds is 5. The third-order valence-corrected chi connectivity index (χ3v) is 2.97. The fraction of sp³-hybridized carbons (Fsp3) is 0.917. The quantitative estimate of drug-likeness (QED) is 0.758. The van der Waals surface area contributed by atoms with E-state index in [4.69, 9.17) is 0 Å². The van der Waals surface area contributed by atoms with Crippen LogP contribution in [-0.2, 0) is 4.79 Å². The third kappa shape index (κ3) is 5.17. The van der Waals surface area contributed by atoms with Crippen LogP contribution in [0.1, 0.15) is 41.5 Å². The number of nitrogens with zero attached hydrogens (tertiary/aromatic N) is 1. The molecule has 0 aliphatic rings. The van der Waals surface area contributed by atoms with Gasteiger partial charge in [-0.2, -0.15) is 0 Å². The van der Waals surface area contributed by atoms with Crippen LogP contribution in [0.4, 0.5) is 0 Å². The van der Waals surface area contributed by atoms with Crippen LogP contribution in [-0.4, -0.2) is 36.5 Å². The van der Waals surface area contributed by atoms with Crippen molar-refractivity contribution in [2.45, 2.75) is 47.6 Å². The Hall–Kier alpha value is -0.570. The molecule has 0 heterocycles. The summed E-state index contributed by atoms with van der Waals surface area (Å²) in [6, 6.07) is 0.344. The molecular weight excluding hydrogens is 188 g/mol. The Morgan fingerprint density at radius 1 is 1.27 bits per heavy atom. The van der Waals surface area contributed by atoms with Crippen molar-refractivity contribution in [2.24, 2.45) is 5.41 Å². The van der Waals surface area contributed by atoms with Gasteiger partial charge >= 0.3 is 0 Å². The van der Waals surface area contributed by atoms with E-state index >= 15 is 0 Å². The van der Waals surface area contributed by atoms with Crippen molar-refractivity contribution in [3.63, 3.8) is 0 Å². The summed E-state index contributed by atoms with van der Waals surface area (Å²) >= 11 is 0. The molecule has 0 aromatic heterocycles. The second-order valence-electron chi connectivity index (χ2n) is 5.03. The summed E-state index contributed by atoms with van der Waals surface area (Å²) in [7, 11) is 0. The van der Waals surface area contributed by atoms with Gasteiger partial charge in [0.2, 0.25) is 5.91 Å². The van der Waals surface area contributed by atoms with Gasteiger partial charge in [0.25, 0.3) is 0 Å². The molecule has 0 saturated heterocycles. The van der Waals surface area contributed by atoms with Crippen LogP contribution >= 0.6 is 0 Å². The number of hydrogen-bond donors (Lipinski definition) is 1. The van der Waals surface area contributed by atoms with E-state index in [1.54, 1.807) is 0 Å². The maximum absolute atomic E-state index is 11.7. The minimum absolute atomic E-state index is 0.191. The molecule has 0 aliphatic heterocycles. The zero-order valence-corrected chi connectivity index (χ0v) is 11.1. The van der Waals surface area contributed by atoms with Gasteiger partial charge in [-0.3, -0.25) is 4.79 Å². The van der Waals surface area contributed by atoms with Gasteiger partial charge in [-0.25, -0.2) is 0 Å². The first-order valence-corrected chi connectivity index (χ1v) is 5.84. The van der Waals surface area contributed by atoms with Gasteiger partial charge in [0.1, 0.15) is 0 Å². The Kier molecular flexibility index (Phi) is 5.88. The fourth-order valence-corrected chi connectivity index (χ4v) is 1.23. The number of likely N-dealkylation sites (N-methyl/N-ethyl adjacent to an activating group) is 1. The highest BCUT2D eigenvalue weighted by molar-refractivity contribution is 5.78. The van der Waals surface area contributed by atoms with Crippen LogP contribution in [0.25, 0.3) is 0 Å². The lowest BCUT2D eigenvalue weighted by atomic mass is 9.88. The molecule has 90 valence electrons. The number of carbonyl (C=O) groups excluding carboxylic acids is 1. The first kappa shape index (κ1) is 14.4. The largest absolute Gasteiger partial charge is 0.342 e. The van der Waals surface area contributed by atoms with Gasteiger partial charge < -0.3 is 10.2 Å². The third-order valence-electron chi connectivity index (χ3n) is 2.97. The maximum atomic E-state index is 11.7. The van der Waals surface area contributed by atoms with E-state index in [9.17, 15) is 4.79 Å². The molecule has 1 amide bonds. The molecule has 0 saturated carbocycles. The molecule has 0 fully saturated rings. The second kappa shape index (κ2) is 6.11. The number of hydrogen-bond acceptors (Lipinski definition) is 2. The van der Waals surface area contributed by atoms with Crippen molar-refractivity contribution in [3.8, 4) is 0 Å². The van der Waals surface area contributed by atoms with Crippen molar-refractivity contribution in [2.75, 3.05) is 19.6 Å². The molecular formula is C12H26N2O. The van der Waals surface area contributed by atoms with Crippen LogP contribution < -0.4 is 5.32 Å². The predicted octanol–water partition coefficient (Wildman–Crippen LogP) is 1.88. The normalized spacial score (nSPS) is 13.7. The molecule has 0 radical (unpaired) electrons. The monoisotopic (exact) mass is 214 g/mol. The van der Waals surface area contributed by atoms with E-state index < -0.39 is 0 Å². The van der Waals surface area contributed by atoms with Crippen LogP contribution in [0.15, 0.2) is 0 Å². The molecule has 1 atom stereocenters. The van der Waals surface area contributed by atoms with Gasteiger partial charge in [0.05, 0.1) is 6.54 Å². The zero-order chi connectivity index (χ0) is 12.1. The van der Waals surface area contributed by atoms with E-state index in [-0.39, 0.29) is 11.3 Å². The highest BCUT2D eigenvalue weighted by Crippen LogP contribution is 2.18. The first-order chi connectivity index (χ1) is 6.82. The molecule has 0 rings (SSSR count). The maximum Gasteiger partial charge on any atom is 0.236 e. The molecule has 0 aromatic carbocycles. The molecule has 0 bridgehead atoms. The van der Waals surface area contributed by atoms with Gasteiger partial charge in [-0.05, 0) is 26.2 Å². The summed E-state index contributed by atoms with van der Waals surface area (Å²) in [5, 5.41) is 3.28. The summed E-state index contributed by atoms with van der Waals surface area (Å²) in [4.78, 5) is 13.5. The lowest BCUT2D eigenvalue weighted by Crippen LogP contribution is -2.44. The minimum atomic E-state index is 0.191. The zero-order valence-electron chi connectivity index (χ0n) is 11.1. The van der Waals surface area contributed by atoms with Crippen LogP contribution in [0, 0.1) is 5.41 Å². The summed E-state index contributed by atoms with van der Waals surface area (Å²) in [6.45, 7) is 14.7. The van der Waals surface area contributed by atoms with Crippen molar-refractivity contribution in [3.05, 3.63) is 0 Å². The topological polar surface area (TPSA) is 32.3 Å². The van der Waals surface area contributed by atoms with Gasteiger partial charge in [0.15, 0.2) is 0 Å². The summed E-state index contributed by atoms with van der Waals surface area (Å²) in [6.07, 6.45) is 0. The molecule has 0 aliphatic carbocycles. The van der Waals surface area contributed by atoms with Crippen molar-refractivity contribution >= 4 is 5.91 Å². The molecule has 3 nitrogen and oxygen atoms in total. The summed E-state index contributed by atoms with van der Waals surface area (Å²) in [5.74, 6) is 0.191. The van der Waals surface area contributed by atoms with Crippen molar-refractivity contribution < 1.29 is 4.79 Å². The molecule has 1 N–H and O–H groups in total. The highest BCUT2D eigenvalue weighted by atomic mass is 16.2. The second-order valence-corrected chi connectivity index (χ2v) is 5.03. The average molecular weight is 214 g/mol. The standard InChI is InChI=1S/C12H26N2O/c1-7-14(8-2)11(15)9-13-10(3)12(4,5)6/h10,13H,7-9H2,1-6H3. The Bertz CT molecular complexity index is 192. The smallest absolute Gasteiger partial charge is 0.236 e. The average Bonchev–Trinajstić information content (AvgIpc) is 2.14. The number of carbonyl (C=O) groups is 1. The Balaban J connectivity index is 4.00. The highest BCUT2D eigenvalue weighted by Gasteiger charge is 2.20. The number of nitrogens with one attached hydrogen (secondary N) is 1. The van der Waals surface area contributed by atoms with E-state index in [1.165, 1.54) is 0 Å². The predicted molar refractivity (Wildman–Crippen MR) is 64.8 cm³/mol. The van der Waals surface area contributed by atoms with Gasteiger partial charge in [-0.1, -0.05) is 20.8 Å². The van der Waals surface area contributed by atoms with Crippen LogP contribution in [0.2, 0.25) is 0 Å². The van der Waals surface area contributed by atoms with Crippen molar-refractivity contribution in [1.82, 2.24) is 10.2 Å². The molecule has 15 heavy (non-hydrogen) atoms. The SMILES string of the molecule is CCN(CC)C(=O)CNC(C)C(C)(C)C. The summed E-state index contributed by atoms with van der Waals surface area (Å²) in [5.41, 5.74) is 0.198. The van der Waals surface area contributed by atoms with E-state index in [0.29, 0.717) is 12.6 Å². The number of amides is 1. The lowest BCUT2D eigenvalue weighted by molar-refractivity contribution is -0.130. The molecule has 1 unspecified atom stereocenters. The molecule has 3 heteroatoms. The van der Waals surface area contributed by atoms with Crippen molar-refractivity contribution in [1.29, 1.82) is 0 Å².